The van der Waals surface area contributed by atoms with E-state index in [0.717, 1.165) is 16.2 Å². The lowest BCUT2D eigenvalue weighted by Gasteiger charge is -2.11. The highest BCUT2D eigenvalue weighted by Crippen LogP contribution is 2.27. The predicted octanol–water partition coefficient (Wildman–Crippen LogP) is 3.94. The van der Waals surface area contributed by atoms with Crippen LogP contribution in [-0.2, 0) is 0 Å². The molecule has 0 bridgehead atoms. The zero-order valence-corrected chi connectivity index (χ0v) is 15.1. The molecule has 6 heteroatoms. The molecule has 0 aliphatic carbocycles. The van der Waals surface area contributed by atoms with Gasteiger partial charge < -0.3 is 19.8 Å². The Morgan fingerprint density at radius 2 is 1.96 bits per heavy atom. The van der Waals surface area contributed by atoms with E-state index in [1.54, 1.807) is 13.2 Å². The van der Waals surface area contributed by atoms with Gasteiger partial charge in [-0.05, 0) is 31.2 Å². The molecule has 1 aromatic heterocycles. The van der Waals surface area contributed by atoms with Crippen LogP contribution in [0.5, 0.6) is 5.75 Å². The Hall–Kier alpha value is -3.12. The summed E-state index contributed by atoms with van der Waals surface area (Å²) in [5, 5.41) is 10.1. The summed E-state index contributed by atoms with van der Waals surface area (Å²) in [7, 11) is 1.55. The van der Waals surface area contributed by atoms with Crippen LogP contribution in [-0.4, -0.2) is 12.2 Å². The second kappa shape index (κ2) is 6.65. The lowest BCUT2D eigenvalue weighted by molar-refractivity contribution is 0.406. The van der Waals surface area contributed by atoms with Crippen LogP contribution in [0.15, 0.2) is 63.2 Å². The topological polar surface area (TPSA) is 63.5 Å². The second-order valence-corrected chi connectivity index (χ2v) is 6.80. The number of ether oxygens (including phenoxy) is 1. The predicted molar refractivity (Wildman–Crippen MR) is 108 cm³/mol. The highest BCUT2D eigenvalue weighted by molar-refractivity contribution is 8.02. The molecule has 0 spiro atoms. The van der Waals surface area contributed by atoms with E-state index in [9.17, 15) is 4.79 Å². The van der Waals surface area contributed by atoms with Crippen LogP contribution < -0.4 is 21.0 Å². The van der Waals surface area contributed by atoms with Gasteiger partial charge in [0.1, 0.15) is 0 Å². The molecule has 1 radical (unpaired) electrons. The molecule has 0 amide bonds. The Bertz CT molecular complexity index is 1100. The zero-order valence-electron chi connectivity index (χ0n) is 14.3. The number of aryl methyl sites for hydroxylation is 1. The van der Waals surface area contributed by atoms with Crippen molar-refractivity contribution in [2.45, 2.75) is 6.92 Å². The molecule has 0 fully saturated rings. The number of hydrogen-bond acceptors (Lipinski definition) is 5. The Morgan fingerprint density at radius 1 is 1.15 bits per heavy atom. The van der Waals surface area contributed by atoms with Crippen molar-refractivity contribution in [3.63, 3.8) is 0 Å². The molecule has 2 N–H and O–H groups in total. The molecule has 26 heavy (non-hydrogen) atoms. The maximum absolute atomic E-state index is 12.4. The number of nitrogens with one attached hydrogen (secondary N) is 2. The van der Waals surface area contributed by atoms with Crippen LogP contribution in [0.3, 0.4) is 0 Å². The van der Waals surface area contributed by atoms with Crippen molar-refractivity contribution in [3.8, 4) is 5.75 Å². The third-order valence-corrected chi connectivity index (χ3v) is 4.88. The van der Waals surface area contributed by atoms with Crippen molar-refractivity contribution in [2.24, 2.45) is 0 Å². The fraction of sp³-hybridized carbons (Fsp3) is 0.100. The maximum atomic E-state index is 12.4. The Labute approximate surface area is 154 Å². The first-order chi connectivity index (χ1) is 12.6. The van der Waals surface area contributed by atoms with E-state index in [1.165, 1.54) is 16.9 Å². The number of benzene rings is 2. The largest absolute Gasteiger partial charge is 0.493 e. The molecular formula is C20H17N2O3S. The van der Waals surface area contributed by atoms with Gasteiger partial charge in [-0.25, -0.2) is 4.79 Å². The van der Waals surface area contributed by atoms with E-state index in [-0.39, 0.29) is 0 Å². The van der Waals surface area contributed by atoms with Gasteiger partial charge in [-0.2, -0.15) is 0 Å². The molecule has 1 aliphatic rings. The fourth-order valence-corrected chi connectivity index (χ4v) is 3.49. The number of rotatable bonds is 3. The molecule has 0 atom stereocenters. The van der Waals surface area contributed by atoms with Crippen molar-refractivity contribution in [1.82, 2.24) is 5.32 Å². The van der Waals surface area contributed by atoms with Crippen molar-refractivity contribution >= 4 is 38.8 Å². The normalized spacial score (nSPS) is 13.2. The molecule has 0 saturated heterocycles. The number of anilines is 1. The SMILES string of the molecule is COc1cccc2cc(C3=C[S]=C(Nc4ccc(C)cc4)N3)c(=O)oc12. The molecule has 1 aliphatic heterocycles. The van der Waals surface area contributed by atoms with Gasteiger partial charge in [0.15, 0.2) is 16.4 Å². The average molecular weight is 365 g/mol. The van der Waals surface area contributed by atoms with Gasteiger partial charge in [-0.3, -0.25) is 0 Å². The van der Waals surface area contributed by atoms with Crippen LogP contribution in [0.25, 0.3) is 16.7 Å². The number of para-hydroxylation sites is 1. The Balaban J connectivity index is 1.59. The number of methoxy groups -OCH3 is 1. The summed E-state index contributed by atoms with van der Waals surface area (Å²) in [5.74, 6) is 0.544. The summed E-state index contributed by atoms with van der Waals surface area (Å²) in [4.78, 5) is 12.4. The van der Waals surface area contributed by atoms with E-state index < -0.39 is 5.63 Å². The second-order valence-electron chi connectivity index (χ2n) is 5.92. The van der Waals surface area contributed by atoms with Crippen molar-refractivity contribution in [3.05, 3.63) is 75.5 Å². The minimum atomic E-state index is -0.405. The average Bonchev–Trinajstić information content (AvgIpc) is 3.11. The van der Waals surface area contributed by atoms with Crippen molar-refractivity contribution in [2.75, 3.05) is 12.4 Å². The quantitative estimate of drug-likeness (QED) is 0.544. The first-order valence-electron chi connectivity index (χ1n) is 8.10. The first kappa shape index (κ1) is 16.4. The van der Waals surface area contributed by atoms with Crippen LogP contribution >= 0.6 is 11.4 Å². The third kappa shape index (κ3) is 3.07. The summed E-state index contributed by atoms with van der Waals surface area (Å²) >= 11 is 1.49. The third-order valence-electron chi connectivity index (χ3n) is 4.09. The minimum absolute atomic E-state index is 0.405. The summed E-state index contributed by atoms with van der Waals surface area (Å²) in [6.45, 7) is 2.05. The molecule has 5 nitrogen and oxygen atoms in total. The summed E-state index contributed by atoms with van der Waals surface area (Å²) in [6, 6.07) is 15.5. The summed E-state index contributed by atoms with van der Waals surface area (Å²) < 4.78 is 10.8. The van der Waals surface area contributed by atoms with E-state index in [1.807, 2.05) is 54.8 Å². The number of hydrogen-bond donors (Lipinski definition) is 2. The highest BCUT2D eigenvalue weighted by atomic mass is 32.1. The highest BCUT2D eigenvalue weighted by Gasteiger charge is 2.17. The Morgan fingerprint density at radius 3 is 2.73 bits per heavy atom. The molecule has 0 unspecified atom stereocenters. The van der Waals surface area contributed by atoms with Crippen LogP contribution in [0.1, 0.15) is 11.1 Å². The van der Waals surface area contributed by atoms with Gasteiger partial charge in [0.25, 0.3) is 0 Å². The molecule has 2 aromatic carbocycles. The first-order valence-corrected chi connectivity index (χ1v) is 8.98. The Kier molecular flexibility index (Phi) is 4.18. The maximum Gasteiger partial charge on any atom is 0.345 e. The smallest absolute Gasteiger partial charge is 0.345 e. The molecule has 3 aromatic rings. The monoisotopic (exact) mass is 365 g/mol. The lowest BCUT2D eigenvalue weighted by atomic mass is 10.1. The van der Waals surface area contributed by atoms with E-state index >= 15 is 0 Å². The van der Waals surface area contributed by atoms with Gasteiger partial charge in [0.2, 0.25) is 0 Å². The fourth-order valence-electron chi connectivity index (χ4n) is 2.72. The van der Waals surface area contributed by atoms with Crippen LogP contribution in [0.2, 0.25) is 0 Å². The van der Waals surface area contributed by atoms with Gasteiger partial charge in [0.05, 0.1) is 18.4 Å². The van der Waals surface area contributed by atoms with Gasteiger partial charge >= 0.3 is 5.63 Å². The molecule has 131 valence electrons. The van der Waals surface area contributed by atoms with Crippen molar-refractivity contribution < 1.29 is 9.15 Å². The molecule has 4 rings (SSSR count). The van der Waals surface area contributed by atoms with Gasteiger partial charge in [-0.15, -0.1) is 11.4 Å². The summed E-state index contributed by atoms with van der Waals surface area (Å²) in [6.07, 6.45) is 0. The van der Waals surface area contributed by atoms with Crippen molar-refractivity contribution in [1.29, 1.82) is 0 Å². The standard InChI is InChI=1S/C20H17N2O3S/c1-12-6-8-14(9-7-12)21-20-22-16(11-26-20)15-10-13-4-3-5-17(24-2)18(13)25-19(15)23/h3-11,21-22H,1-2H3. The molecular weight excluding hydrogens is 348 g/mol. The van der Waals surface area contributed by atoms with E-state index in [2.05, 4.69) is 10.6 Å². The van der Waals surface area contributed by atoms with E-state index in [4.69, 9.17) is 9.15 Å². The summed E-state index contributed by atoms with van der Waals surface area (Å²) in [5.41, 5.74) is 3.43. The minimum Gasteiger partial charge on any atom is -0.493 e. The van der Waals surface area contributed by atoms with Gasteiger partial charge in [0, 0.05) is 16.5 Å². The lowest BCUT2D eigenvalue weighted by Crippen LogP contribution is -2.26. The van der Waals surface area contributed by atoms with Gasteiger partial charge in [-0.1, -0.05) is 29.8 Å². The molecule has 0 saturated carbocycles. The van der Waals surface area contributed by atoms with Crippen LogP contribution in [0, 0.1) is 6.92 Å². The molecule has 2 heterocycles. The zero-order chi connectivity index (χ0) is 18.1. The van der Waals surface area contributed by atoms with E-state index in [0.29, 0.717) is 22.6 Å². The van der Waals surface area contributed by atoms with Crippen LogP contribution in [0.4, 0.5) is 5.69 Å². The number of fused-ring (bicyclic) bond motifs is 1.